The van der Waals surface area contributed by atoms with Crippen molar-refractivity contribution in [1.82, 2.24) is 9.97 Å². The first-order valence-electron chi connectivity index (χ1n) is 8.35. The van der Waals surface area contributed by atoms with E-state index in [4.69, 9.17) is 11.6 Å². The highest BCUT2D eigenvalue weighted by Gasteiger charge is 2.31. The number of anilines is 3. The van der Waals surface area contributed by atoms with Gasteiger partial charge in [0.15, 0.2) is 0 Å². The molecule has 0 amide bonds. The van der Waals surface area contributed by atoms with E-state index in [1.54, 1.807) is 30.3 Å². The topological polar surface area (TPSA) is 59.1 Å². The molecule has 0 saturated carbocycles. The molecule has 3 rings (SSSR count). The smallest absolute Gasteiger partial charge is 0.406 e. The summed E-state index contributed by atoms with van der Waals surface area (Å²) >= 11 is 6.17. The zero-order valence-electron chi connectivity index (χ0n) is 14.7. The lowest BCUT2D eigenvalue weighted by molar-refractivity contribution is -0.274. The standard InChI is InChI=1S/C19H16ClF3N4O/c1-2-24-18-26-16(12-6-5-7-13(10-12)28-19(21,22)23)11-17(27-18)25-15-9-4-3-8-14(15)20/h3-11H,2H2,1H3,(H2,24,25,26,27). The van der Waals surface area contributed by atoms with E-state index in [9.17, 15) is 13.2 Å². The Morgan fingerprint density at radius 2 is 1.82 bits per heavy atom. The molecular formula is C19H16ClF3N4O. The molecule has 3 aromatic rings. The molecule has 0 unspecified atom stereocenters. The van der Waals surface area contributed by atoms with Gasteiger partial charge in [-0.15, -0.1) is 13.2 Å². The first kappa shape index (κ1) is 19.8. The zero-order valence-corrected chi connectivity index (χ0v) is 15.5. The zero-order chi connectivity index (χ0) is 20.1. The Bertz CT molecular complexity index is 966. The van der Waals surface area contributed by atoms with Gasteiger partial charge in [0.2, 0.25) is 5.95 Å². The SMILES string of the molecule is CCNc1nc(Nc2ccccc2Cl)cc(-c2cccc(OC(F)(F)F)c2)n1. The van der Waals surface area contributed by atoms with Gasteiger partial charge in [-0.25, -0.2) is 4.98 Å². The van der Waals surface area contributed by atoms with Crippen LogP contribution in [-0.4, -0.2) is 22.9 Å². The molecule has 2 aromatic carbocycles. The van der Waals surface area contributed by atoms with E-state index in [1.165, 1.54) is 18.2 Å². The normalized spacial score (nSPS) is 11.2. The van der Waals surface area contributed by atoms with Crippen molar-refractivity contribution in [3.8, 4) is 17.0 Å². The summed E-state index contributed by atoms with van der Waals surface area (Å²) in [6.45, 7) is 2.46. The van der Waals surface area contributed by atoms with Crippen molar-refractivity contribution in [2.24, 2.45) is 0 Å². The summed E-state index contributed by atoms with van der Waals surface area (Å²) < 4.78 is 41.5. The van der Waals surface area contributed by atoms with Gasteiger partial charge in [-0.1, -0.05) is 35.9 Å². The van der Waals surface area contributed by atoms with Crippen LogP contribution < -0.4 is 15.4 Å². The summed E-state index contributed by atoms with van der Waals surface area (Å²) in [6.07, 6.45) is -4.77. The van der Waals surface area contributed by atoms with E-state index in [1.807, 2.05) is 13.0 Å². The quantitative estimate of drug-likeness (QED) is 0.534. The van der Waals surface area contributed by atoms with Gasteiger partial charge in [-0.3, -0.25) is 0 Å². The highest BCUT2D eigenvalue weighted by Crippen LogP contribution is 2.30. The molecule has 1 heterocycles. The van der Waals surface area contributed by atoms with Crippen LogP contribution in [0.3, 0.4) is 0 Å². The summed E-state index contributed by atoms with van der Waals surface area (Å²) in [5, 5.41) is 6.61. The molecule has 0 aliphatic rings. The molecule has 0 saturated heterocycles. The van der Waals surface area contributed by atoms with Crippen molar-refractivity contribution < 1.29 is 17.9 Å². The fourth-order valence-corrected chi connectivity index (χ4v) is 2.63. The highest BCUT2D eigenvalue weighted by atomic mass is 35.5. The number of nitrogens with zero attached hydrogens (tertiary/aromatic N) is 2. The molecule has 0 spiro atoms. The number of halogens is 4. The van der Waals surface area contributed by atoms with Gasteiger partial charge < -0.3 is 15.4 Å². The van der Waals surface area contributed by atoms with Gasteiger partial charge in [0.25, 0.3) is 0 Å². The Labute approximate surface area is 164 Å². The van der Waals surface area contributed by atoms with E-state index in [0.717, 1.165) is 0 Å². The summed E-state index contributed by atoms with van der Waals surface area (Å²) in [5.41, 5.74) is 1.52. The number of para-hydroxylation sites is 1. The number of hydrogen-bond donors (Lipinski definition) is 2. The predicted molar refractivity (Wildman–Crippen MR) is 103 cm³/mol. The van der Waals surface area contributed by atoms with Crippen LogP contribution in [0.5, 0.6) is 5.75 Å². The van der Waals surface area contributed by atoms with E-state index >= 15 is 0 Å². The van der Waals surface area contributed by atoms with Crippen molar-refractivity contribution >= 4 is 29.1 Å². The molecule has 0 fully saturated rings. The third-order valence-electron chi connectivity index (χ3n) is 3.56. The first-order valence-corrected chi connectivity index (χ1v) is 8.72. The molecule has 0 aliphatic carbocycles. The average Bonchev–Trinajstić information content (AvgIpc) is 2.63. The van der Waals surface area contributed by atoms with Crippen LogP contribution in [0.4, 0.5) is 30.6 Å². The van der Waals surface area contributed by atoms with Crippen LogP contribution >= 0.6 is 11.6 Å². The molecule has 5 nitrogen and oxygen atoms in total. The predicted octanol–water partition coefficient (Wildman–Crippen LogP) is 5.87. The van der Waals surface area contributed by atoms with Gasteiger partial charge in [-0.05, 0) is 31.2 Å². The van der Waals surface area contributed by atoms with Crippen molar-refractivity contribution in [3.05, 3.63) is 59.6 Å². The second kappa shape index (κ2) is 8.35. The molecule has 1 aromatic heterocycles. The van der Waals surface area contributed by atoms with Crippen LogP contribution in [0.25, 0.3) is 11.3 Å². The fourth-order valence-electron chi connectivity index (χ4n) is 2.45. The Hall–Kier alpha value is -3.00. The van der Waals surface area contributed by atoms with Crippen molar-refractivity contribution in [2.45, 2.75) is 13.3 Å². The third kappa shape index (κ3) is 5.26. The number of alkyl halides is 3. The number of aromatic nitrogens is 2. The lowest BCUT2D eigenvalue weighted by atomic mass is 10.1. The maximum absolute atomic E-state index is 12.5. The van der Waals surface area contributed by atoms with Crippen molar-refractivity contribution in [2.75, 3.05) is 17.2 Å². The summed E-state index contributed by atoms with van der Waals surface area (Å²) in [7, 11) is 0. The molecule has 0 aliphatic heterocycles. The number of ether oxygens (including phenoxy) is 1. The number of benzene rings is 2. The van der Waals surface area contributed by atoms with Crippen LogP contribution in [-0.2, 0) is 0 Å². The third-order valence-corrected chi connectivity index (χ3v) is 3.89. The lowest BCUT2D eigenvalue weighted by Gasteiger charge is -2.13. The largest absolute Gasteiger partial charge is 0.573 e. The van der Waals surface area contributed by atoms with Crippen molar-refractivity contribution in [3.63, 3.8) is 0 Å². The fraction of sp³-hybridized carbons (Fsp3) is 0.158. The van der Waals surface area contributed by atoms with Gasteiger partial charge in [-0.2, -0.15) is 4.98 Å². The number of nitrogens with one attached hydrogen (secondary N) is 2. The Morgan fingerprint density at radius 1 is 1.04 bits per heavy atom. The minimum atomic E-state index is -4.77. The molecule has 146 valence electrons. The first-order chi connectivity index (χ1) is 13.3. The van der Waals surface area contributed by atoms with E-state index in [-0.39, 0.29) is 5.75 Å². The number of rotatable bonds is 6. The van der Waals surface area contributed by atoms with Crippen LogP contribution in [0, 0.1) is 0 Å². The number of hydrogen-bond acceptors (Lipinski definition) is 5. The monoisotopic (exact) mass is 408 g/mol. The molecule has 0 radical (unpaired) electrons. The van der Waals surface area contributed by atoms with Crippen LogP contribution in [0.15, 0.2) is 54.6 Å². The highest BCUT2D eigenvalue weighted by molar-refractivity contribution is 6.33. The maximum atomic E-state index is 12.5. The molecule has 28 heavy (non-hydrogen) atoms. The summed E-state index contributed by atoms with van der Waals surface area (Å²) in [4.78, 5) is 8.73. The minimum Gasteiger partial charge on any atom is -0.406 e. The Morgan fingerprint density at radius 3 is 2.54 bits per heavy atom. The average molecular weight is 409 g/mol. The molecular weight excluding hydrogens is 393 g/mol. The molecule has 0 atom stereocenters. The molecule has 0 bridgehead atoms. The molecule has 2 N–H and O–H groups in total. The Kier molecular flexibility index (Phi) is 5.89. The van der Waals surface area contributed by atoms with E-state index < -0.39 is 6.36 Å². The van der Waals surface area contributed by atoms with E-state index in [2.05, 4.69) is 25.3 Å². The second-order valence-electron chi connectivity index (χ2n) is 5.67. The van der Waals surface area contributed by atoms with Crippen LogP contribution in [0.1, 0.15) is 6.92 Å². The minimum absolute atomic E-state index is 0.325. The van der Waals surface area contributed by atoms with Gasteiger partial charge >= 0.3 is 6.36 Å². The van der Waals surface area contributed by atoms with Gasteiger partial charge in [0, 0.05) is 18.2 Å². The maximum Gasteiger partial charge on any atom is 0.573 e. The summed E-state index contributed by atoms with van der Waals surface area (Å²) in [5.74, 6) is 0.446. The van der Waals surface area contributed by atoms with Crippen molar-refractivity contribution in [1.29, 1.82) is 0 Å². The second-order valence-corrected chi connectivity index (χ2v) is 6.08. The van der Waals surface area contributed by atoms with Gasteiger partial charge in [0.1, 0.15) is 11.6 Å². The lowest BCUT2D eigenvalue weighted by Crippen LogP contribution is -2.17. The van der Waals surface area contributed by atoms with E-state index in [0.29, 0.717) is 40.3 Å². The van der Waals surface area contributed by atoms with Gasteiger partial charge in [0.05, 0.1) is 16.4 Å². The molecule has 9 heteroatoms. The summed E-state index contributed by atoms with van der Waals surface area (Å²) in [6, 6.07) is 14.4. The Balaban J connectivity index is 1.98. The van der Waals surface area contributed by atoms with Crippen LogP contribution in [0.2, 0.25) is 5.02 Å².